The van der Waals surface area contributed by atoms with Crippen LogP contribution in [0.1, 0.15) is 42.1 Å². The van der Waals surface area contributed by atoms with Gasteiger partial charge in [-0.25, -0.2) is 4.98 Å². The molecule has 5 heteroatoms. The molecule has 0 amide bonds. The van der Waals surface area contributed by atoms with Crippen LogP contribution in [0.3, 0.4) is 0 Å². The molecule has 0 radical (unpaired) electrons. The average Bonchev–Trinajstić information content (AvgIpc) is 3.04. The molecule has 0 spiro atoms. The molecule has 0 unspecified atom stereocenters. The fraction of sp³-hybridized carbons (Fsp3) is 0.238. The maximum atomic E-state index is 9.54. The zero-order valence-electron chi connectivity index (χ0n) is 15.3. The van der Waals surface area contributed by atoms with Gasteiger partial charge in [0.2, 0.25) is 0 Å². The van der Waals surface area contributed by atoms with Gasteiger partial charge in [-0.2, -0.15) is 0 Å². The number of nitrogens with zero attached hydrogens (tertiary/aromatic N) is 4. The van der Waals surface area contributed by atoms with E-state index in [1.807, 2.05) is 45.0 Å². The van der Waals surface area contributed by atoms with Crippen LogP contribution in [0.4, 0.5) is 0 Å². The molecular formula is C21H22N4O. The number of hydrogen-bond donors (Lipinski definition) is 1. The van der Waals surface area contributed by atoms with E-state index in [1.165, 1.54) is 5.56 Å². The van der Waals surface area contributed by atoms with E-state index in [-0.39, 0.29) is 5.75 Å². The lowest BCUT2D eigenvalue weighted by Crippen LogP contribution is -2.01. The minimum atomic E-state index is 0.290. The molecule has 0 saturated heterocycles. The van der Waals surface area contributed by atoms with Crippen molar-refractivity contribution in [2.45, 2.75) is 33.7 Å². The minimum absolute atomic E-state index is 0.290. The fourth-order valence-electron chi connectivity index (χ4n) is 2.87. The summed E-state index contributed by atoms with van der Waals surface area (Å²) in [5, 5.41) is 18.1. The number of aliphatic imine (C=N–C) groups is 1. The lowest BCUT2D eigenvalue weighted by atomic mass is 10.1. The molecule has 1 aliphatic carbocycles. The van der Waals surface area contributed by atoms with Crippen LogP contribution in [0.2, 0.25) is 0 Å². The highest BCUT2D eigenvalue weighted by Gasteiger charge is 2.21. The Bertz CT molecular complexity index is 950. The van der Waals surface area contributed by atoms with E-state index in [0.717, 1.165) is 34.5 Å². The summed E-state index contributed by atoms with van der Waals surface area (Å²) >= 11 is 0. The number of benzene rings is 2. The maximum Gasteiger partial charge on any atom is 0.172 e. The van der Waals surface area contributed by atoms with Crippen molar-refractivity contribution in [3.63, 3.8) is 0 Å². The van der Waals surface area contributed by atoms with Gasteiger partial charge >= 0.3 is 0 Å². The first-order chi connectivity index (χ1) is 12.7. The van der Waals surface area contributed by atoms with E-state index in [2.05, 4.69) is 32.3 Å². The number of aromatic nitrogens is 3. The van der Waals surface area contributed by atoms with Crippen molar-refractivity contribution < 1.29 is 5.11 Å². The Morgan fingerprint density at radius 2 is 1.92 bits per heavy atom. The Hall–Kier alpha value is -3.08. The van der Waals surface area contributed by atoms with Gasteiger partial charge in [0.05, 0.1) is 5.69 Å². The number of hydrogen-bond acceptors (Lipinski definition) is 5. The van der Waals surface area contributed by atoms with Crippen LogP contribution in [0, 0.1) is 6.92 Å². The molecule has 26 heavy (non-hydrogen) atoms. The molecule has 1 heterocycles. The number of phenols is 1. The smallest absolute Gasteiger partial charge is 0.172 e. The molecule has 0 atom stereocenters. The van der Waals surface area contributed by atoms with E-state index in [9.17, 15) is 5.11 Å². The topological polar surface area (TPSA) is 71.3 Å². The molecule has 132 valence electrons. The molecule has 0 aliphatic heterocycles. The lowest BCUT2D eigenvalue weighted by molar-refractivity contribution is 0.471. The zero-order valence-corrected chi connectivity index (χ0v) is 15.3. The molecule has 1 aromatic heterocycles. The van der Waals surface area contributed by atoms with Gasteiger partial charge in [-0.1, -0.05) is 38.1 Å². The number of rotatable bonds is 3. The van der Waals surface area contributed by atoms with Gasteiger partial charge in [0, 0.05) is 18.2 Å². The first-order valence-electron chi connectivity index (χ1n) is 8.81. The highest BCUT2D eigenvalue weighted by molar-refractivity contribution is 5.80. The van der Waals surface area contributed by atoms with Crippen LogP contribution < -0.4 is 0 Å². The summed E-state index contributed by atoms with van der Waals surface area (Å²) in [6.45, 7) is 6.24. The fourth-order valence-corrected chi connectivity index (χ4v) is 2.87. The second kappa shape index (κ2) is 7.87. The van der Waals surface area contributed by atoms with Gasteiger partial charge in [0.15, 0.2) is 5.82 Å². The van der Waals surface area contributed by atoms with Crippen molar-refractivity contribution in [3.05, 3.63) is 70.7 Å². The predicted molar refractivity (Wildman–Crippen MR) is 104 cm³/mol. The van der Waals surface area contributed by atoms with E-state index >= 15 is 0 Å². The van der Waals surface area contributed by atoms with E-state index < -0.39 is 0 Å². The Balaban J connectivity index is 0.000000948. The normalized spacial score (nSPS) is 11.7. The SMILES string of the molecule is CC.Cc1cc(C=NCc2nnc3c(n2)Cc2ccccc2-3)ccc1O. The summed E-state index contributed by atoms with van der Waals surface area (Å²) in [4.78, 5) is 8.99. The average molecular weight is 346 g/mol. The van der Waals surface area contributed by atoms with Crippen molar-refractivity contribution in [2.75, 3.05) is 0 Å². The van der Waals surface area contributed by atoms with Gasteiger partial charge in [-0.3, -0.25) is 4.99 Å². The van der Waals surface area contributed by atoms with Crippen molar-refractivity contribution in [3.8, 4) is 17.0 Å². The van der Waals surface area contributed by atoms with Crippen molar-refractivity contribution >= 4 is 6.21 Å². The largest absolute Gasteiger partial charge is 0.508 e. The lowest BCUT2D eigenvalue weighted by Gasteiger charge is -2.01. The summed E-state index contributed by atoms with van der Waals surface area (Å²) in [6.07, 6.45) is 2.56. The first kappa shape index (κ1) is 17.7. The van der Waals surface area contributed by atoms with Crippen LogP contribution in [0.25, 0.3) is 11.3 Å². The number of aromatic hydroxyl groups is 1. The van der Waals surface area contributed by atoms with Gasteiger partial charge in [0.25, 0.3) is 0 Å². The van der Waals surface area contributed by atoms with E-state index in [1.54, 1.807) is 12.3 Å². The number of fused-ring (bicyclic) bond motifs is 3. The molecule has 4 rings (SSSR count). The molecule has 3 aromatic rings. The number of phenolic OH excluding ortho intramolecular Hbond substituents is 1. The van der Waals surface area contributed by atoms with Crippen LogP contribution in [-0.4, -0.2) is 26.5 Å². The molecule has 0 saturated carbocycles. The first-order valence-corrected chi connectivity index (χ1v) is 8.81. The van der Waals surface area contributed by atoms with Crippen molar-refractivity contribution in [2.24, 2.45) is 4.99 Å². The molecular weight excluding hydrogens is 324 g/mol. The predicted octanol–water partition coefficient (Wildman–Crippen LogP) is 4.10. The van der Waals surface area contributed by atoms with Gasteiger partial charge in [0.1, 0.15) is 18.0 Å². The second-order valence-corrected chi connectivity index (χ2v) is 5.87. The minimum Gasteiger partial charge on any atom is -0.508 e. The second-order valence-electron chi connectivity index (χ2n) is 5.87. The molecule has 0 fully saturated rings. The van der Waals surface area contributed by atoms with Crippen molar-refractivity contribution in [1.82, 2.24) is 15.2 Å². The molecule has 2 aromatic carbocycles. The Kier molecular flexibility index (Phi) is 5.37. The molecule has 1 aliphatic rings. The Morgan fingerprint density at radius 3 is 2.73 bits per heavy atom. The zero-order chi connectivity index (χ0) is 18.5. The molecule has 5 nitrogen and oxygen atoms in total. The Morgan fingerprint density at radius 1 is 1.12 bits per heavy atom. The third-order valence-corrected chi connectivity index (χ3v) is 4.13. The highest BCUT2D eigenvalue weighted by atomic mass is 16.3. The van der Waals surface area contributed by atoms with Crippen LogP contribution in [0.5, 0.6) is 5.75 Å². The summed E-state index contributed by atoms with van der Waals surface area (Å²) in [6, 6.07) is 13.6. The maximum absolute atomic E-state index is 9.54. The highest BCUT2D eigenvalue weighted by Crippen LogP contribution is 2.32. The van der Waals surface area contributed by atoms with E-state index in [4.69, 9.17) is 0 Å². The third-order valence-electron chi connectivity index (χ3n) is 4.13. The summed E-state index contributed by atoms with van der Waals surface area (Å²) in [5.74, 6) is 0.908. The quantitative estimate of drug-likeness (QED) is 0.567. The van der Waals surface area contributed by atoms with Crippen LogP contribution in [-0.2, 0) is 13.0 Å². The molecule has 1 N–H and O–H groups in total. The molecule has 0 bridgehead atoms. The standard InChI is InChI=1S/C19H16N4O.C2H6/c1-12-8-13(6-7-17(12)24)10-20-11-18-21-16-9-14-4-2-3-5-15(14)19(16)23-22-18;1-2/h2-8,10,24H,9,11H2,1H3;1-2H3. The van der Waals surface area contributed by atoms with E-state index in [0.29, 0.717) is 12.4 Å². The Labute approximate surface area is 153 Å². The summed E-state index contributed by atoms with van der Waals surface area (Å²) in [7, 11) is 0. The van der Waals surface area contributed by atoms with Gasteiger partial charge in [-0.15, -0.1) is 10.2 Å². The monoisotopic (exact) mass is 346 g/mol. The number of aryl methyl sites for hydroxylation is 1. The van der Waals surface area contributed by atoms with Gasteiger partial charge < -0.3 is 5.11 Å². The van der Waals surface area contributed by atoms with Gasteiger partial charge in [-0.05, 0) is 41.8 Å². The van der Waals surface area contributed by atoms with Crippen LogP contribution >= 0.6 is 0 Å². The third kappa shape index (κ3) is 3.61. The summed E-state index contributed by atoms with van der Waals surface area (Å²) in [5.41, 5.74) is 5.99. The van der Waals surface area contributed by atoms with Crippen molar-refractivity contribution in [1.29, 1.82) is 0 Å². The van der Waals surface area contributed by atoms with Crippen LogP contribution in [0.15, 0.2) is 47.5 Å². The summed E-state index contributed by atoms with van der Waals surface area (Å²) < 4.78 is 0.